The molecule has 0 bridgehead atoms. The molecule has 0 aromatic carbocycles. The van der Waals surface area contributed by atoms with Crippen molar-refractivity contribution in [1.29, 1.82) is 0 Å². The van der Waals surface area contributed by atoms with Crippen molar-refractivity contribution in [2.75, 3.05) is 44.2 Å². The molecule has 0 aromatic heterocycles. The van der Waals surface area contributed by atoms with E-state index >= 15 is 0 Å². The number of carbonyl (C=O) groups excluding carboxylic acids is 2. The molecule has 1 saturated carbocycles. The van der Waals surface area contributed by atoms with Gasteiger partial charge in [0.1, 0.15) is 0 Å². The van der Waals surface area contributed by atoms with E-state index in [1.165, 1.54) is 0 Å². The SMILES string of the molecule is O=C(CN1CCCC(C(=O)N2CCSCC2)C1)NC1CC1. The molecule has 5 nitrogen and oxygen atoms in total. The second-order valence-electron chi connectivity index (χ2n) is 6.35. The fourth-order valence-corrected chi connectivity index (χ4v) is 4.05. The van der Waals surface area contributed by atoms with Crippen LogP contribution in [0.3, 0.4) is 0 Å². The quantitative estimate of drug-likeness (QED) is 0.824. The van der Waals surface area contributed by atoms with Gasteiger partial charge in [-0.2, -0.15) is 11.8 Å². The summed E-state index contributed by atoms with van der Waals surface area (Å²) in [5.74, 6) is 2.65. The van der Waals surface area contributed by atoms with Gasteiger partial charge in [-0.15, -0.1) is 0 Å². The van der Waals surface area contributed by atoms with Gasteiger partial charge in [0.05, 0.1) is 12.5 Å². The van der Waals surface area contributed by atoms with Crippen LogP contribution in [0.4, 0.5) is 0 Å². The summed E-state index contributed by atoms with van der Waals surface area (Å²) in [5.41, 5.74) is 0. The monoisotopic (exact) mass is 311 g/mol. The average molecular weight is 311 g/mol. The van der Waals surface area contributed by atoms with Gasteiger partial charge in [0.2, 0.25) is 11.8 Å². The molecule has 3 aliphatic rings. The summed E-state index contributed by atoms with van der Waals surface area (Å²) in [6.07, 6.45) is 4.25. The molecule has 1 atom stereocenters. The highest BCUT2D eigenvalue weighted by molar-refractivity contribution is 7.99. The third kappa shape index (κ3) is 4.36. The van der Waals surface area contributed by atoms with Crippen LogP contribution in [0.1, 0.15) is 25.7 Å². The minimum atomic E-state index is 0.0931. The Kier molecular flexibility index (Phi) is 5.06. The number of nitrogens with zero attached hydrogens (tertiary/aromatic N) is 2. The third-order valence-electron chi connectivity index (χ3n) is 4.49. The number of hydrogen-bond acceptors (Lipinski definition) is 4. The van der Waals surface area contributed by atoms with E-state index in [-0.39, 0.29) is 11.8 Å². The van der Waals surface area contributed by atoms with Gasteiger partial charge in [-0.1, -0.05) is 0 Å². The van der Waals surface area contributed by atoms with Crippen LogP contribution < -0.4 is 5.32 Å². The highest BCUT2D eigenvalue weighted by atomic mass is 32.2. The van der Waals surface area contributed by atoms with E-state index in [0.717, 1.165) is 63.4 Å². The predicted octanol–water partition coefficient (Wildman–Crippen LogP) is 0.552. The average Bonchev–Trinajstić information content (AvgIpc) is 3.31. The summed E-state index contributed by atoms with van der Waals surface area (Å²) >= 11 is 1.93. The minimum Gasteiger partial charge on any atom is -0.352 e. The van der Waals surface area contributed by atoms with Crippen molar-refractivity contribution in [1.82, 2.24) is 15.1 Å². The number of carbonyl (C=O) groups is 2. The maximum absolute atomic E-state index is 12.6. The topological polar surface area (TPSA) is 52.7 Å². The number of amides is 2. The fraction of sp³-hybridized carbons (Fsp3) is 0.867. The normalized spacial score (nSPS) is 27.4. The van der Waals surface area contributed by atoms with E-state index in [2.05, 4.69) is 10.2 Å². The van der Waals surface area contributed by atoms with Gasteiger partial charge in [0.25, 0.3) is 0 Å². The van der Waals surface area contributed by atoms with Crippen LogP contribution in [-0.2, 0) is 9.59 Å². The first-order chi connectivity index (χ1) is 10.2. The van der Waals surface area contributed by atoms with E-state index < -0.39 is 0 Å². The van der Waals surface area contributed by atoms with Crippen molar-refractivity contribution in [3.63, 3.8) is 0 Å². The summed E-state index contributed by atoms with van der Waals surface area (Å²) in [6.45, 7) is 3.93. The Hall–Kier alpha value is -0.750. The molecule has 2 amide bonds. The van der Waals surface area contributed by atoms with E-state index in [0.29, 0.717) is 18.5 Å². The van der Waals surface area contributed by atoms with Gasteiger partial charge >= 0.3 is 0 Å². The van der Waals surface area contributed by atoms with Crippen molar-refractivity contribution in [3.8, 4) is 0 Å². The van der Waals surface area contributed by atoms with Gasteiger partial charge in [-0.05, 0) is 32.2 Å². The Morgan fingerprint density at radius 3 is 2.57 bits per heavy atom. The molecule has 1 aliphatic carbocycles. The molecule has 6 heteroatoms. The predicted molar refractivity (Wildman–Crippen MR) is 84.2 cm³/mol. The Balaban J connectivity index is 1.47. The first kappa shape index (κ1) is 15.2. The summed E-state index contributed by atoms with van der Waals surface area (Å²) in [4.78, 5) is 28.6. The number of piperidine rings is 1. The highest BCUT2D eigenvalue weighted by Gasteiger charge is 2.31. The van der Waals surface area contributed by atoms with Gasteiger partial charge in [0.15, 0.2) is 0 Å². The summed E-state index contributed by atoms with van der Waals surface area (Å²) in [5, 5.41) is 3.03. The summed E-state index contributed by atoms with van der Waals surface area (Å²) in [6, 6.07) is 0.422. The molecule has 2 heterocycles. The molecule has 0 radical (unpaired) electrons. The van der Waals surface area contributed by atoms with E-state index in [9.17, 15) is 9.59 Å². The number of nitrogens with one attached hydrogen (secondary N) is 1. The standard InChI is InChI=1S/C15H25N3O2S/c19-14(16-13-3-4-13)11-17-5-1-2-12(10-17)15(20)18-6-8-21-9-7-18/h12-13H,1-11H2,(H,16,19). The van der Waals surface area contributed by atoms with Crippen molar-refractivity contribution >= 4 is 23.6 Å². The maximum atomic E-state index is 12.6. The lowest BCUT2D eigenvalue weighted by Crippen LogP contribution is -2.49. The second kappa shape index (κ2) is 7.01. The zero-order valence-electron chi connectivity index (χ0n) is 12.6. The molecule has 0 aromatic rings. The molecule has 118 valence electrons. The van der Waals surface area contributed by atoms with E-state index in [1.807, 2.05) is 16.7 Å². The lowest BCUT2D eigenvalue weighted by atomic mass is 9.96. The van der Waals surface area contributed by atoms with Crippen LogP contribution >= 0.6 is 11.8 Å². The van der Waals surface area contributed by atoms with Crippen molar-refractivity contribution in [2.45, 2.75) is 31.7 Å². The molecule has 3 rings (SSSR count). The van der Waals surface area contributed by atoms with Crippen LogP contribution in [0.25, 0.3) is 0 Å². The smallest absolute Gasteiger partial charge is 0.234 e. The second-order valence-corrected chi connectivity index (χ2v) is 7.58. The van der Waals surface area contributed by atoms with Crippen LogP contribution in [0.15, 0.2) is 0 Å². The molecule has 0 spiro atoms. The molecule has 2 saturated heterocycles. The molecule has 2 aliphatic heterocycles. The molecule has 3 fully saturated rings. The lowest BCUT2D eigenvalue weighted by Gasteiger charge is -2.35. The zero-order chi connectivity index (χ0) is 14.7. The van der Waals surface area contributed by atoms with Crippen molar-refractivity contribution in [3.05, 3.63) is 0 Å². The fourth-order valence-electron chi connectivity index (χ4n) is 3.15. The van der Waals surface area contributed by atoms with Crippen LogP contribution in [0.2, 0.25) is 0 Å². The maximum Gasteiger partial charge on any atom is 0.234 e. The molecule has 1 unspecified atom stereocenters. The first-order valence-electron chi connectivity index (χ1n) is 8.10. The van der Waals surface area contributed by atoms with E-state index in [4.69, 9.17) is 0 Å². The Morgan fingerprint density at radius 1 is 1.10 bits per heavy atom. The lowest BCUT2D eigenvalue weighted by molar-refractivity contribution is -0.137. The van der Waals surface area contributed by atoms with Crippen molar-refractivity contribution < 1.29 is 9.59 Å². The van der Waals surface area contributed by atoms with Gasteiger partial charge < -0.3 is 10.2 Å². The largest absolute Gasteiger partial charge is 0.352 e. The Morgan fingerprint density at radius 2 is 1.86 bits per heavy atom. The number of hydrogen-bond donors (Lipinski definition) is 1. The Bertz CT molecular complexity index is 394. The molecular weight excluding hydrogens is 286 g/mol. The summed E-state index contributed by atoms with van der Waals surface area (Å²) < 4.78 is 0. The van der Waals surface area contributed by atoms with Crippen LogP contribution in [-0.4, -0.2) is 71.9 Å². The van der Waals surface area contributed by atoms with Gasteiger partial charge in [-0.25, -0.2) is 0 Å². The van der Waals surface area contributed by atoms with Crippen LogP contribution in [0, 0.1) is 5.92 Å². The number of thioether (sulfide) groups is 1. The van der Waals surface area contributed by atoms with Crippen LogP contribution in [0.5, 0.6) is 0 Å². The number of rotatable bonds is 4. The van der Waals surface area contributed by atoms with Gasteiger partial charge in [-0.3, -0.25) is 14.5 Å². The minimum absolute atomic E-state index is 0.0931. The first-order valence-corrected chi connectivity index (χ1v) is 9.26. The highest BCUT2D eigenvalue weighted by Crippen LogP contribution is 2.21. The molecule has 1 N–H and O–H groups in total. The third-order valence-corrected chi connectivity index (χ3v) is 5.43. The number of likely N-dealkylation sites (tertiary alicyclic amines) is 1. The van der Waals surface area contributed by atoms with Crippen molar-refractivity contribution in [2.24, 2.45) is 5.92 Å². The van der Waals surface area contributed by atoms with E-state index in [1.54, 1.807) is 0 Å². The van der Waals surface area contributed by atoms with Gasteiger partial charge in [0, 0.05) is 37.2 Å². The molecular formula is C15H25N3O2S. The summed E-state index contributed by atoms with van der Waals surface area (Å²) in [7, 11) is 0. The molecule has 21 heavy (non-hydrogen) atoms. The zero-order valence-corrected chi connectivity index (χ0v) is 13.4. The Labute approximate surface area is 130 Å².